The van der Waals surface area contributed by atoms with Crippen molar-refractivity contribution in [3.05, 3.63) is 11.4 Å². The number of hydrogen-bond donors (Lipinski definition) is 3. The Bertz CT molecular complexity index is 358. The highest BCUT2D eigenvalue weighted by Gasteiger charge is 2.15. The van der Waals surface area contributed by atoms with Gasteiger partial charge >= 0.3 is 0 Å². The molecule has 0 fully saturated rings. The molecule has 0 saturated carbocycles. The number of nitrogens with two attached hydrogens (primary N) is 1. The first-order valence-electron chi connectivity index (χ1n) is 5.31. The molecule has 0 unspecified atom stereocenters. The lowest BCUT2D eigenvalue weighted by Gasteiger charge is -2.09. The van der Waals surface area contributed by atoms with Crippen LogP contribution in [0.4, 0.5) is 5.69 Å². The number of aromatic nitrogens is 2. The molecule has 0 atom stereocenters. The number of nitrogens with one attached hydrogen (secondary N) is 2. The number of likely N-dealkylation sites (N-methyl/N-ethyl adjacent to an activating group) is 1. The van der Waals surface area contributed by atoms with Crippen molar-refractivity contribution in [3.63, 3.8) is 0 Å². The third kappa shape index (κ3) is 2.96. The van der Waals surface area contributed by atoms with Gasteiger partial charge in [-0.3, -0.25) is 9.89 Å². The van der Waals surface area contributed by atoms with Crippen LogP contribution in [0, 0.1) is 0 Å². The molecular weight excluding hydrogens is 206 g/mol. The van der Waals surface area contributed by atoms with Gasteiger partial charge in [0.2, 0.25) is 0 Å². The van der Waals surface area contributed by atoms with Crippen molar-refractivity contribution in [2.24, 2.45) is 0 Å². The zero-order valence-electron chi connectivity index (χ0n) is 10.0. The highest BCUT2D eigenvalue weighted by molar-refractivity contribution is 5.97. The number of amides is 1. The number of H-pyrrole nitrogens is 1. The summed E-state index contributed by atoms with van der Waals surface area (Å²) < 4.78 is 0. The van der Waals surface area contributed by atoms with Crippen molar-refractivity contribution < 1.29 is 4.79 Å². The van der Waals surface area contributed by atoms with Gasteiger partial charge in [0, 0.05) is 13.1 Å². The number of aromatic amines is 1. The SMILES string of the molecule is CCc1[nH]nc(C(=O)NCCN(C)C)c1N. The van der Waals surface area contributed by atoms with Gasteiger partial charge < -0.3 is 16.0 Å². The molecule has 90 valence electrons. The fraction of sp³-hybridized carbons (Fsp3) is 0.600. The van der Waals surface area contributed by atoms with E-state index in [9.17, 15) is 4.79 Å². The average Bonchev–Trinajstić information content (AvgIpc) is 2.58. The van der Waals surface area contributed by atoms with Crippen molar-refractivity contribution >= 4 is 11.6 Å². The normalized spacial score (nSPS) is 10.8. The van der Waals surface area contributed by atoms with E-state index in [0.717, 1.165) is 18.7 Å². The molecule has 1 rings (SSSR count). The smallest absolute Gasteiger partial charge is 0.273 e. The fourth-order valence-electron chi connectivity index (χ4n) is 1.31. The summed E-state index contributed by atoms with van der Waals surface area (Å²) in [4.78, 5) is 13.7. The van der Waals surface area contributed by atoms with Gasteiger partial charge in [-0.15, -0.1) is 0 Å². The van der Waals surface area contributed by atoms with Crippen molar-refractivity contribution in [3.8, 4) is 0 Å². The third-order valence-electron chi connectivity index (χ3n) is 2.30. The number of carbonyl (C=O) groups excluding carboxylic acids is 1. The highest BCUT2D eigenvalue weighted by atomic mass is 16.1. The van der Waals surface area contributed by atoms with Gasteiger partial charge in [-0.2, -0.15) is 5.10 Å². The number of anilines is 1. The Balaban J connectivity index is 2.56. The molecule has 4 N–H and O–H groups in total. The lowest BCUT2D eigenvalue weighted by atomic mass is 10.2. The second-order valence-corrected chi connectivity index (χ2v) is 3.88. The molecule has 6 heteroatoms. The van der Waals surface area contributed by atoms with E-state index in [1.807, 2.05) is 25.9 Å². The lowest BCUT2D eigenvalue weighted by molar-refractivity contribution is 0.0947. The van der Waals surface area contributed by atoms with Crippen LogP contribution in [-0.4, -0.2) is 48.2 Å². The Morgan fingerprint density at radius 3 is 2.75 bits per heavy atom. The predicted octanol–water partition coefficient (Wildman–Crippen LogP) is -0.154. The number of nitrogen functional groups attached to an aromatic ring is 1. The zero-order chi connectivity index (χ0) is 12.1. The van der Waals surface area contributed by atoms with Gasteiger partial charge in [-0.1, -0.05) is 6.92 Å². The largest absolute Gasteiger partial charge is 0.395 e. The third-order valence-corrected chi connectivity index (χ3v) is 2.30. The topological polar surface area (TPSA) is 87.0 Å². The number of nitrogens with zero attached hydrogens (tertiary/aromatic N) is 2. The molecule has 0 aliphatic carbocycles. The van der Waals surface area contributed by atoms with E-state index in [1.165, 1.54) is 0 Å². The molecule has 0 spiro atoms. The molecule has 1 aromatic heterocycles. The van der Waals surface area contributed by atoms with Gasteiger partial charge in [-0.05, 0) is 20.5 Å². The maximum Gasteiger partial charge on any atom is 0.273 e. The average molecular weight is 225 g/mol. The van der Waals surface area contributed by atoms with Crippen LogP contribution >= 0.6 is 0 Å². The number of aryl methyl sites for hydroxylation is 1. The van der Waals surface area contributed by atoms with Gasteiger partial charge in [0.15, 0.2) is 5.69 Å². The minimum absolute atomic E-state index is 0.227. The minimum atomic E-state index is -0.227. The van der Waals surface area contributed by atoms with Crippen LogP contribution in [-0.2, 0) is 6.42 Å². The lowest BCUT2D eigenvalue weighted by Crippen LogP contribution is -2.31. The Morgan fingerprint density at radius 2 is 2.25 bits per heavy atom. The van der Waals surface area contributed by atoms with Gasteiger partial charge in [0.25, 0.3) is 5.91 Å². The van der Waals surface area contributed by atoms with Gasteiger partial charge in [0.1, 0.15) is 0 Å². The molecule has 0 aliphatic rings. The second kappa shape index (κ2) is 5.50. The van der Waals surface area contributed by atoms with E-state index in [1.54, 1.807) is 0 Å². The quantitative estimate of drug-likeness (QED) is 0.650. The highest BCUT2D eigenvalue weighted by Crippen LogP contribution is 2.13. The van der Waals surface area contributed by atoms with Gasteiger partial charge in [0.05, 0.1) is 11.4 Å². The molecule has 1 amide bonds. The summed E-state index contributed by atoms with van der Waals surface area (Å²) in [6.45, 7) is 3.33. The molecule has 1 heterocycles. The van der Waals surface area contributed by atoms with Gasteiger partial charge in [-0.25, -0.2) is 0 Å². The first-order valence-corrected chi connectivity index (χ1v) is 5.31. The molecule has 0 bridgehead atoms. The predicted molar refractivity (Wildman–Crippen MR) is 63.3 cm³/mol. The van der Waals surface area contributed by atoms with Crippen LogP contribution in [0.15, 0.2) is 0 Å². The number of hydrogen-bond acceptors (Lipinski definition) is 4. The van der Waals surface area contributed by atoms with Crippen molar-refractivity contribution in [1.82, 2.24) is 20.4 Å². The monoisotopic (exact) mass is 225 g/mol. The molecule has 0 radical (unpaired) electrons. The Kier molecular flexibility index (Phi) is 4.30. The minimum Gasteiger partial charge on any atom is -0.395 e. The van der Waals surface area contributed by atoms with Crippen LogP contribution in [0.2, 0.25) is 0 Å². The van der Waals surface area contributed by atoms with Crippen LogP contribution < -0.4 is 11.1 Å². The molecule has 1 aromatic rings. The van der Waals surface area contributed by atoms with Crippen LogP contribution in [0.1, 0.15) is 23.1 Å². The Hall–Kier alpha value is -1.56. The van der Waals surface area contributed by atoms with Crippen LogP contribution in [0.25, 0.3) is 0 Å². The Morgan fingerprint density at radius 1 is 1.56 bits per heavy atom. The van der Waals surface area contributed by atoms with E-state index in [-0.39, 0.29) is 11.6 Å². The second-order valence-electron chi connectivity index (χ2n) is 3.88. The summed E-state index contributed by atoms with van der Waals surface area (Å²) in [5.74, 6) is -0.227. The van der Waals surface area contributed by atoms with E-state index in [0.29, 0.717) is 12.2 Å². The molecule has 0 aromatic carbocycles. The van der Waals surface area contributed by atoms with E-state index in [2.05, 4.69) is 15.5 Å². The summed E-state index contributed by atoms with van der Waals surface area (Å²) in [7, 11) is 3.90. The van der Waals surface area contributed by atoms with E-state index >= 15 is 0 Å². The first-order chi connectivity index (χ1) is 7.56. The first kappa shape index (κ1) is 12.5. The maximum absolute atomic E-state index is 11.7. The summed E-state index contributed by atoms with van der Waals surface area (Å²) in [5.41, 5.74) is 7.32. The van der Waals surface area contributed by atoms with Crippen LogP contribution in [0.3, 0.4) is 0 Å². The Labute approximate surface area is 95.2 Å². The summed E-state index contributed by atoms with van der Waals surface area (Å²) in [6, 6.07) is 0. The standard InChI is InChI=1S/C10H19N5O/c1-4-7-8(11)9(14-13-7)10(16)12-5-6-15(2)3/h4-6,11H2,1-3H3,(H,12,16)(H,13,14). The maximum atomic E-state index is 11.7. The molecule has 0 aliphatic heterocycles. The van der Waals surface area contributed by atoms with Crippen molar-refractivity contribution in [1.29, 1.82) is 0 Å². The number of rotatable bonds is 5. The van der Waals surface area contributed by atoms with Crippen molar-refractivity contribution in [2.45, 2.75) is 13.3 Å². The summed E-state index contributed by atoms with van der Waals surface area (Å²) >= 11 is 0. The molecule has 6 nitrogen and oxygen atoms in total. The van der Waals surface area contributed by atoms with Crippen molar-refractivity contribution in [2.75, 3.05) is 32.9 Å². The zero-order valence-corrected chi connectivity index (χ0v) is 10.0. The summed E-state index contributed by atoms with van der Waals surface area (Å²) in [6.07, 6.45) is 0.740. The van der Waals surface area contributed by atoms with E-state index < -0.39 is 0 Å². The van der Waals surface area contributed by atoms with Crippen LogP contribution in [0.5, 0.6) is 0 Å². The number of carbonyl (C=O) groups is 1. The summed E-state index contributed by atoms with van der Waals surface area (Å²) in [5, 5.41) is 9.43. The molecular formula is C10H19N5O. The molecule has 16 heavy (non-hydrogen) atoms. The van der Waals surface area contributed by atoms with E-state index in [4.69, 9.17) is 5.73 Å². The fourth-order valence-corrected chi connectivity index (χ4v) is 1.31. The molecule has 0 saturated heterocycles.